The van der Waals surface area contributed by atoms with Crippen molar-refractivity contribution in [1.82, 2.24) is 0 Å². The Labute approximate surface area is 167 Å². The number of benzene rings is 3. The van der Waals surface area contributed by atoms with Crippen molar-refractivity contribution in [3.05, 3.63) is 102 Å². The Hall–Kier alpha value is -3.63. The summed E-state index contributed by atoms with van der Waals surface area (Å²) in [5, 5.41) is 0. The molecule has 0 heterocycles. The molecule has 0 fully saturated rings. The lowest BCUT2D eigenvalue weighted by Crippen LogP contribution is -2.12. The normalized spacial score (nSPS) is 13.0. The first-order chi connectivity index (χ1) is 14.0. The van der Waals surface area contributed by atoms with Gasteiger partial charge in [0.25, 0.3) is 0 Å². The molecule has 0 saturated heterocycles. The van der Waals surface area contributed by atoms with Gasteiger partial charge in [-0.2, -0.15) is 4.57 Å². The highest BCUT2D eigenvalue weighted by atomic mass is 31.2. The van der Waals surface area contributed by atoms with Crippen LogP contribution in [-0.4, -0.2) is 11.6 Å². The summed E-state index contributed by atoms with van der Waals surface area (Å²) in [6, 6.07) is 21.2. The number of hydrogen-bond acceptors (Lipinski definition) is 6. The monoisotopic (exact) mass is 406 g/mol. The standard InChI is InChI=1S/C22H15O6P/c23-21-13-14-22(24)20-15-18(11-12-19(20)21)28-29(25,26-16-7-3-1-4-8-16)27-17-9-5-2-6-10-17/h1-15H. The van der Waals surface area contributed by atoms with E-state index in [2.05, 4.69) is 0 Å². The lowest BCUT2D eigenvalue weighted by Gasteiger charge is -2.20. The van der Waals surface area contributed by atoms with Crippen LogP contribution >= 0.6 is 7.82 Å². The van der Waals surface area contributed by atoms with Crippen molar-refractivity contribution in [3.63, 3.8) is 0 Å². The second kappa shape index (κ2) is 7.78. The zero-order valence-corrected chi connectivity index (χ0v) is 16.0. The van der Waals surface area contributed by atoms with Crippen molar-refractivity contribution >= 4 is 19.4 Å². The molecule has 29 heavy (non-hydrogen) atoms. The van der Waals surface area contributed by atoms with Crippen molar-refractivity contribution in [2.75, 3.05) is 0 Å². The van der Waals surface area contributed by atoms with E-state index in [4.69, 9.17) is 13.6 Å². The smallest absolute Gasteiger partial charge is 0.386 e. The molecule has 0 aliphatic heterocycles. The van der Waals surface area contributed by atoms with Gasteiger partial charge in [-0.15, -0.1) is 0 Å². The molecule has 0 aromatic heterocycles. The van der Waals surface area contributed by atoms with Crippen molar-refractivity contribution in [2.45, 2.75) is 0 Å². The van der Waals surface area contributed by atoms with Crippen LogP contribution in [0.2, 0.25) is 0 Å². The van der Waals surface area contributed by atoms with Crippen molar-refractivity contribution in [3.8, 4) is 17.2 Å². The van der Waals surface area contributed by atoms with Gasteiger partial charge in [-0.05, 0) is 54.6 Å². The molecule has 6 nitrogen and oxygen atoms in total. The summed E-state index contributed by atoms with van der Waals surface area (Å²) >= 11 is 0. The van der Waals surface area contributed by atoms with Crippen LogP contribution < -0.4 is 13.6 Å². The Morgan fingerprint density at radius 3 is 1.59 bits per heavy atom. The number of allylic oxidation sites excluding steroid dienone is 2. The molecule has 0 saturated carbocycles. The highest BCUT2D eigenvalue weighted by Gasteiger charge is 2.34. The van der Waals surface area contributed by atoms with Crippen LogP contribution in [0.5, 0.6) is 17.2 Å². The van der Waals surface area contributed by atoms with Gasteiger partial charge in [-0.25, -0.2) is 0 Å². The molecule has 0 bridgehead atoms. The minimum absolute atomic E-state index is 0.0791. The average molecular weight is 406 g/mol. The van der Waals surface area contributed by atoms with Gasteiger partial charge in [0.05, 0.1) is 0 Å². The number of carbonyl (C=O) groups excluding carboxylic acids is 2. The quantitative estimate of drug-likeness (QED) is 0.519. The molecular formula is C22H15O6P. The molecule has 0 radical (unpaired) electrons. The number of phosphoric ester groups is 1. The minimum atomic E-state index is -4.17. The van der Waals surface area contributed by atoms with E-state index < -0.39 is 7.82 Å². The second-order valence-corrected chi connectivity index (χ2v) is 7.56. The summed E-state index contributed by atoms with van der Waals surface area (Å²) in [6.07, 6.45) is 2.40. The Morgan fingerprint density at radius 2 is 1.03 bits per heavy atom. The highest BCUT2D eigenvalue weighted by Crippen LogP contribution is 2.50. The van der Waals surface area contributed by atoms with E-state index in [9.17, 15) is 14.2 Å². The molecule has 0 N–H and O–H groups in total. The topological polar surface area (TPSA) is 78.9 Å². The molecule has 0 unspecified atom stereocenters. The van der Waals surface area contributed by atoms with Gasteiger partial charge in [0.15, 0.2) is 11.6 Å². The molecule has 0 spiro atoms. The molecule has 3 aromatic carbocycles. The number of hydrogen-bond donors (Lipinski definition) is 0. The number of fused-ring (bicyclic) bond motifs is 1. The van der Waals surface area contributed by atoms with Gasteiger partial charge >= 0.3 is 7.82 Å². The Morgan fingerprint density at radius 1 is 0.552 bits per heavy atom. The zero-order valence-electron chi connectivity index (χ0n) is 15.1. The minimum Gasteiger partial charge on any atom is -0.386 e. The summed E-state index contributed by atoms with van der Waals surface area (Å²) < 4.78 is 30.1. The molecule has 0 atom stereocenters. The third-order valence-corrected chi connectivity index (χ3v) is 5.35. The maximum absolute atomic E-state index is 13.4. The molecule has 1 aliphatic rings. The fourth-order valence-electron chi connectivity index (χ4n) is 2.74. The largest absolute Gasteiger partial charge is 0.647 e. The third kappa shape index (κ3) is 4.28. The van der Waals surface area contributed by atoms with Gasteiger partial charge in [0.2, 0.25) is 0 Å². The average Bonchev–Trinajstić information content (AvgIpc) is 2.72. The fraction of sp³-hybridized carbons (Fsp3) is 0. The first-order valence-electron chi connectivity index (χ1n) is 8.72. The summed E-state index contributed by atoms with van der Waals surface area (Å²) in [6.45, 7) is 0. The summed E-state index contributed by atoms with van der Waals surface area (Å²) in [5.74, 6) is 0.0384. The van der Waals surface area contributed by atoms with E-state index in [1.807, 2.05) is 0 Å². The fourth-order valence-corrected chi connectivity index (χ4v) is 3.98. The van der Waals surface area contributed by atoms with Gasteiger partial charge in [-0.3, -0.25) is 9.59 Å². The first kappa shape index (κ1) is 18.7. The maximum atomic E-state index is 13.4. The molecule has 1 aliphatic carbocycles. The van der Waals surface area contributed by atoms with Crippen LogP contribution in [0.1, 0.15) is 20.7 Å². The van der Waals surface area contributed by atoms with E-state index in [1.165, 1.54) is 30.4 Å². The second-order valence-electron chi connectivity index (χ2n) is 6.12. The number of ketones is 2. The van der Waals surface area contributed by atoms with E-state index in [0.29, 0.717) is 11.5 Å². The molecule has 4 rings (SSSR count). The van der Waals surface area contributed by atoms with Crippen molar-refractivity contribution in [2.24, 2.45) is 0 Å². The van der Waals surface area contributed by atoms with Crippen LogP contribution in [0.3, 0.4) is 0 Å². The van der Waals surface area contributed by atoms with E-state index in [-0.39, 0.29) is 28.4 Å². The van der Waals surface area contributed by atoms with Crippen LogP contribution in [0.15, 0.2) is 91.0 Å². The van der Waals surface area contributed by atoms with E-state index in [1.54, 1.807) is 60.7 Å². The van der Waals surface area contributed by atoms with E-state index >= 15 is 0 Å². The summed E-state index contributed by atoms with van der Waals surface area (Å²) in [5.41, 5.74) is 0.425. The van der Waals surface area contributed by atoms with Crippen molar-refractivity contribution < 1.29 is 27.7 Å². The molecule has 7 heteroatoms. The lowest BCUT2D eigenvalue weighted by atomic mass is 9.95. The highest BCUT2D eigenvalue weighted by molar-refractivity contribution is 7.49. The van der Waals surface area contributed by atoms with Gasteiger partial charge < -0.3 is 13.6 Å². The first-order valence-corrected chi connectivity index (χ1v) is 10.2. The molecule has 144 valence electrons. The van der Waals surface area contributed by atoms with E-state index in [0.717, 1.165) is 0 Å². The Balaban J connectivity index is 1.67. The molecule has 3 aromatic rings. The predicted octanol–water partition coefficient (Wildman–Crippen LogP) is 5.27. The number of para-hydroxylation sites is 2. The SMILES string of the molecule is O=C1C=CC(=O)c2cc(OP(=O)(Oc3ccccc3)Oc3ccccc3)ccc21. The third-order valence-electron chi connectivity index (χ3n) is 4.05. The van der Waals surface area contributed by atoms with Gasteiger partial charge in [0, 0.05) is 11.1 Å². The lowest BCUT2D eigenvalue weighted by molar-refractivity contribution is 0.0994. The summed E-state index contributed by atoms with van der Waals surface area (Å²) in [4.78, 5) is 24.0. The summed E-state index contributed by atoms with van der Waals surface area (Å²) in [7, 11) is -4.17. The van der Waals surface area contributed by atoms with Crippen LogP contribution in [-0.2, 0) is 4.57 Å². The van der Waals surface area contributed by atoms with Crippen LogP contribution in [0.4, 0.5) is 0 Å². The Kier molecular flexibility index (Phi) is 5.02. The van der Waals surface area contributed by atoms with Crippen LogP contribution in [0.25, 0.3) is 0 Å². The predicted molar refractivity (Wildman–Crippen MR) is 107 cm³/mol. The molecular weight excluding hydrogens is 391 g/mol. The number of rotatable bonds is 6. The van der Waals surface area contributed by atoms with Gasteiger partial charge in [0.1, 0.15) is 17.2 Å². The van der Waals surface area contributed by atoms with Crippen molar-refractivity contribution in [1.29, 1.82) is 0 Å². The number of carbonyl (C=O) groups is 2. The number of phosphoric acid groups is 1. The Bertz CT molecular complexity index is 1090. The zero-order chi connectivity index (χ0) is 20.3. The maximum Gasteiger partial charge on any atom is 0.647 e. The van der Waals surface area contributed by atoms with Crippen LogP contribution in [0, 0.1) is 0 Å². The molecule has 0 amide bonds. The van der Waals surface area contributed by atoms with Gasteiger partial charge in [-0.1, -0.05) is 36.4 Å².